The third-order valence-corrected chi connectivity index (χ3v) is 4.62. The minimum atomic E-state index is -0.0585. The first-order valence-corrected chi connectivity index (χ1v) is 8.54. The van der Waals surface area contributed by atoms with E-state index in [-0.39, 0.29) is 11.4 Å². The topological polar surface area (TPSA) is 41.9 Å². The maximum Gasteiger partial charge on any atom is 0.165 e. The molecule has 0 aromatic heterocycles. The molecular formula is C17H22N2O2S. The maximum absolute atomic E-state index is 11.4. The van der Waals surface area contributed by atoms with Crippen LogP contribution in [0.5, 0.6) is 0 Å². The quantitative estimate of drug-likeness (QED) is 0.731. The van der Waals surface area contributed by atoms with Gasteiger partial charge in [-0.2, -0.15) is 0 Å². The highest BCUT2D eigenvalue weighted by atomic mass is 32.2. The molecular weight excluding hydrogens is 296 g/mol. The Kier molecular flexibility index (Phi) is 6.25. The molecule has 22 heavy (non-hydrogen) atoms. The number of hydrogen-bond donors (Lipinski definition) is 0. The predicted molar refractivity (Wildman–Crippen MR) is 92.7 cm³/mol. The van der Waals surface area contributed by atoms with Crippen LogP contribution in [0, 0.1) is 0 Å². The summed E-state index contributed by atoms with van der Waals surface area (Å²) in [5, 5.41) is 0.838. The number of rotatable bonds is 5. The third-order valence-electron chi connectivity index (χ3n) is 3.44. The van der Waals surface area contributed by atoms with Crippen LogP contribution in [0.2, 0.25) is 0 Å². The summed E-state index contributed by atoms with van der Waals surface area (Å²) in [4.78, 5) is 17.9. The average Bonchev–Trinajstić information content (AvgIpc) is 2.86. The predicted octanol–water partition coefficient (Wildman–Crippen LogP) is 2.97. The molecule has 1 aliphatic heterocycles. The summed E-state index contributed by atoms with van der Waals surface area (Å²) in [5.74, 6) is 2.10. The Balaban J connectivity index is 2.29. The first kappa shape index (κ1) is 16.8. The van der Waals surface area contributed by atoms with E-state index in [1.165, 1.54) is 0 Å². The van der Waals surface area contributed by atoms with Gasteiger partial charge in [-0.1, -0.05) is 42.1 Å². The van der Waals surface area contributed by atoms with Crippen LogP contribution < -0.4 is 0 Å². The van der Waals surface area contributed by atoms with E-state index in [0.717, 1.165) is 17.3 Å². The maximum atomic E-state index is 11.4. The summed E-state index contributed by atoms with van der Waals surface area (Å²) in [6, 6.07) is 0. The van der Waals surface area contributed by atoms with Crippen LogP contribution in [0.4, 0.5) is 0 Å². The Morgan fingerprint density at radius 3 is 2.86 bits per heavy atom. The molecule has 1 saturated heterocycles. The zero-order valence-electron chi connectivity index (χ0n) is 13.3. The minimum absolute atomic E-state index is 0.0502. The van der Waals surface area contributed by atoms with Gasteiger partial charge in [0.05, 0.1) is 5.25 Å². The van der Waals surface area contributed by atoms with Crippen LogP contribution in [0.3, 0.4) is 0 Å². The van der Waals surface area contributed by atoms with Gasteiger partial charge in [-0.05, 0) is 26.3 Å². The molecule has 5 heteroatoms. The number of aliphatic imine (C=N–C) groups is 1. The molecule has 0 spiro atoms. The lowest BCUT2D eigenvalue weighted by Crippen LogP contribution is -2.24. The van der Waals surface area contributed by atoms with E-state index in [2.05, 4.69) is 17.0 Å². The first-order valence-electron chi connectivity index (χ1n) is 7.66. The second-order valence-electron chi connectivity index (χ2n) is 4.81. The summed E-state index contributed by atoms with van der Waals surface area (Å²) in [7, 11) is 0. The Bertz CT molecular complexity index is 571. The third kappa shape index (κ3) is 3.61. The number of hydrogen-bond acceptors (Lipinski definition) is 4. The zero-order valence-corrected chi connectivity index (χ0v) is 14.1. The molecule has 2 rings (SSSR count). The fourth-order valence-corrected chi connectivity index (χ4v) is 3.77. The standard InChI is InChI=1S/C17H22N2O2S/c1-4-18-17-19(5-2)14(12-20)16(22-17)11-13-9-7-8-10-15(13)21-6-3/h7-11,15-16H,4-6H2,1-3H3. The van der Waals surface area contributed by atoms with E-state index in [1.807, 2.05) is 50.0 Å². The van der Waals surface area contributed by atoms with Crippen molar-refractivity contribution < 1.29 is 9.53 Å². The molecule has 4 nitrogen and oxygen atoms in total. The van der Waals surface area contributed by atoms with Crippen molar-refractivity contribution in [3.05, 3.63) is 41.7 Å². The molecule has 0 radical (unpaired) electrons. The SMILES string of the molecule is CCN=C1SC(C=C2C=CC=CC2OCC)C(=C=O)N1CC. The molecule has 1 fully saturated rings. The first-order chi connectivity index (χ1) is 10.7. The van der Waals surface area contributed by atoms with Crippen molar-refractivity contribution in [3.8, 4) is 0 Å². The summed E-state index contributed by atoms with van der Waals surface area (Å²) >= 11 is 1.60. The van der Waals surface area contributed by atoms with Crippen molar-refractivity contribution >= 4 is 22.9 Å². The zero-order chi connectivity index (χ0) is 15.9. The monoisotopic (exact) mass is 318 g/mol. The van der Waals surface area contributed by atoms with Gasteiger partial charge in [0.15, 0.2) is 5.17 Å². The van der Waals surface area contributed by atoms with Gasteiger partial charge in [0.1, 0.15) is 17.7 Å². The summed E-state index contributed by atoms with van der Waals surface area (Å²) in [6.07, 6.45) is 10.1. The van der Waals surface area contributed by atoms with E-state index >= 15 is 0 Å². The Morgan fingerprint density at radius 2 is 2.23 bits per heavy atom. The molecule has 118 valence electrons. The van der Waals surface area contributed by atoms with Gasteiger partial charge < -0.3 is 9.64 Å². The van der Waals surface area contributed by atoms with Crippen molar-refractivity contribution in [1.82, 2.24) is 4.90 Å². The lowest BCUT2D eigenvalue weighted by molar-refractivity contribution is 0.122. The molecule has 1 heterocycles. The second kappa shape index (κ2) is 8.18. The van der Waals surface area contributed by atoms with E-state index in [0.29, 0.717) is 18.8 Å². The molecule has 1 aliphatic carbocycles. The molecule has 2 aliphatic rings. The number of allylic oxidation sites excluding steroid dienone is 2. The highest BCUT2D eigenvalue weighted by Gasteiger charge is 2.33. The van der Waals surface area contributed by atoms with Gasteiger partial charge >= 0.3 is 0 Å². The molecule has 0 saturated carbocycles. The summed E-state index contributed by atoms with van der Waals surface area (Å²) in [5.41, 5.74) is 1.72. The number of nitrogens with zero attached hydrogens (tertiary/aromatic N) is 2. The number of amidine groups is 1. The van der Waals surface area contributed by atoms with Crippen molar-refractivity contribution in [2.24, 2.45) is 4.99 Å². The van der Waals surface area contributed by atoms with Crippen molar-refractivity contribution in [2.45, 2.75) is 32.1 Å². The summed E-state index contributed by atoms with van der Waals surface area (Å²) in [6.45, 7) is 8.08. The average molecular weight is 318 g/mol. The smallest absolute Gasteiger partial charge is 0.165 e. The van der Waals surface area contributed by atoms with Gasteiger partial charge in [0.2, 0.25) is 0 Å². The van der Waals surface area contributed by atoms with Gasteiger partial charge in [-0.25, -0.2) is 4.79 Å². The van der Waals surface area contributed by atoms with Crippen LogP contribution >= 0.6 is 11.8 Å². The number of thioether (sulfide) groups is 1. The Hall–Kier alpha value is -1.55. The van der Waals surface area contributed by atoms with Crippen LogP contribution in [0.15, 0.2) is 46.6 Å². The van der Waals surface area contributed by atoms with Gasteiger partial charge in [-0.15, -0.1) is 0 Å². The normalized spacial score (nSPS) is 28.0. The van der Waals surface area contributed by atoms with Gasteiger partial charge in [0.25, 0.3) is 0 Å². The van der Waals surface area contributed by atoms with Crippen molar-refractivity contribution in [3.63, 3.8) is 0 Å². The molecule has 0 aromatic carbocycles. The minimum Gasteiger partial charge on any atom is -0.370 e. The van der Waals surface area contributed by atoms with E-state index in [9.17, 15) is 4.79 Å². The summed E-state index contributed by atoms with van der Waals surface area (Å²) < 4.78 is 5.73. The van der Waals surface area contributed by atoms with Gasteiger partial charge in [-0.3, -0.25) is 4.99 Å². The van der Waals surface area contributed by atoms with Crippen LogP contribution in [-0.4, -0.2) is 47.1 Å². The Labute approximate surface area is 136 Å². The fraction of sp³-hybridized carbons (Fsp3) is 0.471. The van der Waals surface area contributed by atoms with Crippen LogP contribution in [0.1, 0.15) is 20.8 Å². The molecule has 2 unspecified atom stereocenters. The number of ether oxygens (including phenoxy) is 1. The van der Waals surface area contributed by atoms with E-state index < -0.39 is 0 Å². The van der Waals surface area contributed by atoms with Crippen molar-refractivity contribution in [2.75, 3.05) is 19.7 Å². The molecule has 0 amide bonds. The lowest BCUT2D eigenvalue weighted by Gasteiger charge is -2.18. The van der Waals surface area contributed by atoms with E-state index in [4.69, 9.17) is 4.74 Å². The molecule has 0 bridgehead atoms. The molecule has 0 N–H and O–H groups in total. The fourth-order valence-electron chi connectivity index (χ4n) is 2.47. The Morgan fingerprint density at radius 1 is 1.41 bits per heavy atom. The van der Waals surface area contributed by atoms with E-state index in [1.54, 1.807) is 11.8 Å². The number of carbonyl (C=O) groups excluding carboxylic acids is 1. The van der Waals surface area contributed by atoms with Crippen LogP contribution in [-0.2, 0) is 9.53 Å². The van der Waals surface area contributed by atoms with Crippen molar-refractivity contribution in [1.29, 1.82) is 0 Å². The second-order valence-corrected chi connectivity index (χ2v) is 5.92. The largest absolute Gasteiger partial charge is 0.370 e. The van der Waals surface area contributed by atoms with Crippen LogP contribution in [0.25, 0.3) is 0 Å². The van der Waals surface area contributed by atoms with Gasteiger partial charge in [0, 0.05) is 19.7 Å². The molecule has 2 atom stereocenters. The lowest BCUT2D eigenvalue weighted by atomic mass is 10.0. The highest BCUT2D eigenvalue weighted by molar-refractivity contribution is 8.15. The molecule has 0 aromatic rings. The highest BCUT2D eigenvalue weighted by Crippen LogP contribution is 2.35.